The number of nitrogens with zero attached hydrogens (tertiary/aromatic N) is 1. The Morgan fingerprint density at radius 1 is 1.42 bits per heavy atom. The van der Waals surface area contributed by atoms with Crippen LogP contribution in [0, 0.1) is 0 Å². The molecule has 0 radical (unpaired) electrons. The van der Waals surface area contributed by atoms with Crippen LogP contribution in [0.2, 0.25) is 5.02 Å². The highest BCUT2D eigenvalue weighted by Gasteiger charge is 2.18. The molecule has 0 aromatic heterocycles. The van der Waals surface area contributed by atoms with Gasteiger partial charge in [-0.15, -0.1) is 0 Å². The van der Waals surface area contributed by atoms with Gasteiger partial charge in [0.2, 0.25) is 0 Å². The van der Waals surface area contributed by atoms with Crippen molar-refractivity contribution in [3.05, 3.63) is 34.9 Å². The van der Waals surface area contributed by atoms with Gasteiger partial charge in [-0.3, -0.25) is 10.6 Å². The Morgan fingerprint density at radius 2 is 2.16 bits per heavy atom. The fraction of sp³-hybridized carbons (Fsp3) is 0.571. The number of hydrogen-bond acceptors (Lipinski definition) is 4. The van der Waals surface area contributed by atoms with E-state index in [0.29, 0.717) is 12.6 Å². The molecule has 0 spiro atoms. The Hall–Kier alpha value is -0.650. The maximum absolute atomic E-state index is 9.93. The number of nitrogens with one attached hydrogen (secondary N) is 2. The van der Waals surface area contributed by atoms with Gasteiger partial charge in [-0.05, 0) is 50.7 Å². The molecule has 106 valence electrons. The summed E-state index contributed by atoms with van der Waals surface area (Å²) in [6, 6.07) is 8.03. The minimum absolute atomic E-state index is 0.387. The van der Waals surface area contributed by atoms with Crippen LogP contribution in [-0.2, 0) is 6.54 Å². The van der Waals surface area contributed by atoms with Crippen LogP contribution >= 0.6 is 11.6 Å². The third-order valence-corrected chi connectivity index (χ3v) is 3.74. The van der Waals surface area contributed by atoms with Gasteiger partial charge in [0.05, 0.1) is 0 Å². The number of aliphatic hydroxyl groups excluding tert-OH is 1. The van der Waals surface area contributed by atoms with Gasteiger partial charge in [0.25, 0.3) is 0 Å². The van der Waals surface area contributed by atoms with Crippen molar-refractivity contribution in [3.8, 4) is 0 Å². The van der Waals surface area contributed by atoms with Crippen LogP contribution in [0.3, 0.4) is 0 Å². The zero-order valence-electron chi connectivity index (χ0n) is 11.3. The molecule has 1 aliphatic heterocycles. The molecule has 1 heterocycles. The van der Waals surface area contributed by atoms with Crippen LogP contribution in [0.25, 0.3) is 0 Å². The lowest BCUT2D eigenvalue weighted by molar-refractivity contribution is 0.0728. The summed E-state index contributed by atoms with van der Waals surface area (Å²) in [5.41, 5.74) is 1.07. The summed E-state index contributed by atoms with van der Waals surface area (Å²) >= 11 is 5.92. The minimum Gasteiger partial charge on any atom is -0.365 e. The van der Waals surface area contributed by atoms with Gasteiger partial charge in [0.15, 0.2) is 6.35 Å². The van der Waals surface area contributed by atoms with E-state index in [4.69, 9.17) is 11.6 Å². The van der Waals surface area contributed by atoms with Crippen LogP contribution in [0.5, 0.6) is 0 Å². The fourth-order valence-corrected chi connectivity index (χ4v) is 2.53. The van der Waals surface area contributed by atoms with Crippen LogP contribution in [0.1, 0.15) is 18.4 Å². The van der Waals surface area contributed by atoms with Crippen molar-refractivity contribution in [1.82, 2.24) is 15.5 Å². The van der Waals surface area contributed by atoms with Crippen molar-refractivity contribution in [2.24, 2.45) is 0 Å². The van der Waals surface area contributed by atoms with Crippen molar-refractivity contribution < 1.29 is 5.11 Å². The van der Waals surface area contributed by atoms with E-state index in [9.17, 15) is 5.11 Å². The zero-order chi connectivity index (χ0) is 13.7. The summed E-state index contributed by atoms with van der Waals surface area (Å²) in [7, 11) is 2.13. The number of likely N-dealkylation sites (tertiary alicyclic amines) is 1. The van der Waals surface area contributed by atoms with Crippen LogP contribution in [0.4, 0.5) is 0 Å². The summed E-state index contributed by atoms with van der Waals surface area (Å²) < 4.78 is 0. The summed E-state index contributed by atoms with van der Waals surface area (Å²) in [4.78, 5) is 2.31. The average Bonchev–Trinajstić information content (AvgIpc) is 2.39. The molecule has 1 aromatic rings. The second kappa shape index (κ2) is 7.22. The van der Waals surface area contributed by atoms with E-state index in [1.807, 2.05) is 24.3 Å². The minimum atomic E-state index is -0.674. The van der Waals surface area contributed by atoms with Gasteiger partial charge in [0, 0.05) is 17.6 Å². The fourth-order valence-electron chi connectivity index (χ4n) is 2.32. The van der Waals surface area contributed by atoms with E-state index < -0.39 is 6.35 Å². The number of aliphatic hydroxyl groups is 1. The topological polar surface area (TPSA) is 47.5 Å². The van der Waals surface area contributed by atoms with E-state index in [1.165, 1.54) is 0 Å². The summed E-state index contributed by atoms with van der Waals surface area (Å²) in [5, 5.41) is 16.9. The molecular weight excluding hydrogens is 262 g/mol. The number of halogens is 1. The predicted octanol–water partition coefficient (Wildman–Crippen LogP) is 1.39. The Labute approximate surface area is 119 Å². The van der Waals surface area contributed by atoms with E-state index in [-0.39, 0.29) is 0 Å². The van der Waals surface area contributed by atoms with Gasteiger partial charge >= 0.3 is 0 Å². The zero-order valence-corrected chi connectivity index (χ0v) is 12.0. The van der Waals surface area contributed by atoms with Gasteiger partial charge in [0.1, 0.15) is 0 Å². The molecular formula is C14H22ClN3O. The molecule has 0 amide bonds. The Morgan fingerprint density at radius 3 is 2.84 bits per heavy atom. The lowest BCUT2D eigenvalue weighted by atomic mass is 10.1. The summed E-state index contributed by atoms with van der Waals surface area (Å²) in [5.74, 6) is 0. The molecule has 1 atom stereocenters. The molecule has 0 aliphatic carbocycles. The lowest BCUT2D eigenvalue weighted by Gasteiger charge is -2.31. The number of benzene rings is 1. The standard InChI is InChI=1S/C14H22ClN3O/c1-18-7-5-13(6-8-18)17-14(19)16-10-11-3-2-4-12(15)9-11/h2-4,9,13-14,16-17,19H,5-8,10H2,1H3. The Kier molecular flexibility index (Phi) is 5.60. The van der Waals surface area contributed by atoms with Crippen LogP contribution < -0.4 is 10.6 Å². The summed E-state index contributed by atoms with van der Waals surface area (Å²) in [6.07, 6.45) is 1.48. The quantitative estimate of drug-likeness (QED) is 0.715. The van der Waals surface area contributed by atoms with E-state index in [1.54, 1.807) is 0 Å². The molecule has 0 saturated carbocycles. The van der Waals surface area contributed by atoms with Crippen molar-refractivity contribution in [1.29, 1.82) is 0 Å². The SMILES string of the molecule is CN1CCC(NC(O)NCc2cccc(Cl)c2)CC1. The van der Waals surface area contributed by atoms with Gasteiger partial charge in [-0.25, -0.2) is 0 Å². The maximum atomic E-state index is 9.93. The normalized spacial score (nSPS) is 19.5. The van der Waals surface area contributed by atoms with Crippen LogP contribution in [-0.4, -0.2) is 42.5 Å². The second-order valence-electron chi connectivity index (χ2n) is 5.16. The monoisotopic (exact) mass is 283 g/mol. The molecule has 4 nitrogen and oxygen atoms in total. The third-order valence-electron chi connectivity index (χ3n) is 3.50. The molecule has 1 unspecified atom stereocenters. The van der Waals surface area contributed by atoms with Crippen molar-refractivity contribution in [2.45, 2.75) is 31.8 Å². The molecule has 3 N–H and O–H groups in total. The molecule has 2 rings (SSSR count). The number of rotatable bonds is 5. The number of hydrogen-bond donors (Lipinski definition) is 3. The van der Waals surface area contributed by atoms with E-state index >= 15 is 0 Å². The molecule has 1 fully saturated rings. The first kappa shape index (κ1) is 14.8. The second-order valence-corrected chi connectivity index (χ2v) is 5.59. The molecule has 19 heavy (non-hydrogen) atoms. The first-order valence-electron chi connectivity index (χ1n) is 6.74. The lowest BCUT2D eigenvalue weighted by Crippen LogP contribution is -2.50. The smallest absolute Gasteiger partial charge is 0.160 e. The number of piperidine rings is 1. The van der Waals surface area contributed by atoms with Crippen molar-refractivity contribution in [2.75, 3.05) is 20.1 Å². The first-order valence-corrected chi connectivity index (χ1v) is 7.12. The van der Waals surface area contributed by atoms with E-state index in [0.717, 1.165) is 36.5 Å². The Bertz CT molecular complexity index is 394. The van der Waals surface area contributed by atoms with Gasteiger partial charge < -0.3 is 10.0 Å². The highest BCUT2D eigenvalue weighted by Crippen LogP contribution is 2.11. The van der Waals surface area contributed by atoms with Crippen molar-refractivity contribution >= 4 is 11.6 Å². The largest absolute Gasteiger partial charge is 0.365 e. The molecule has 1 saturated heterocycles. The maximum Gasteiger partial charge on any atom is 0.160 e. The third kappa shape index (κ3) is 5.09. The summed E-state index contributed by atoms with van der Waals surface area (Å²) in [6.45, 7) is 2.76. The average molecular weight is 284 g/mol. The van der Waals surface area contributed by atoms with Crippen molar-refractivity contribution in [3.63, 3.8) is 0 Å². The highest BCUT2D eigenvalue weighted by atomic mass is 35.5. The van der Waals surface area contributed by atoms with Gasteiger partial charge in [-0.2, -0.15) is 0 Å². The molecule has 1 aliphatic rings. The highest BCUT2D eigenvalue weighted by molar-refractivity contribution is 6.30. The molecule has 1 aromatic carbocycles. The van der Waals surface area contributed by atoms with Crippen LogP contribution in [0.15, 0.2) is 24.3 Å². The molecule has 0 bridgehead atoms. The first-order chi connectivity index (χ1) is 9.13. The predicted molar refractivity (Wildman–Crippen MR) is 78.0 cm³/mol. The Balaban J connectivity index is 1.71. The molecule has 5 heteroatoms. The van der Waals surface area contributed by atoms with E-state index in [2.05, 4.69) is 22.6 Å². The van der Waals surface area contributed by atoms with Gasteiger partial charge in [-0.1, -0.05) is 23.7 Å².